The van der Waals surface area contributed by atoms with Crippen LogP contribution in [0.1, 0.15) is 50.2 Å². The average molecular weight is 316 g/mol. The Morgan fingerprint density at radius 1 is 0.957 bits per heavy atom. The van der Waals surface area contributed by atoms with Crippen LogP contribution in [0.25, 0.3) is 12.2 Å². The smallest absolute Gasteiger partial charge is 0.330 e. The van der Waals surface area contributed by atoms with E-state index >= 15 is 0 Å². The van der Waals surface area contributed by atoms with Gasteiger partial charge >= 0.3 is 11.9 Å². The zero-order valence-corrected chi connectivity index (χ0v) is 13.5. The van der Waals surface area contributed by atoms with Crippen molar-refractivity contribution in [1.29, 1.82) is 0 Å². The van der Waals surface area contributed by atoms with E-state index in [0.717, 1.165) is 30.0 Å². The van der Waals surface area contributed by atoms with Gasteiger partial charge < -0.3 is 9.84 Å². The van der Waals surface area contributed by atoms with Gasteiger partial charge in [-0.05, 0) is 29.7 Å². The molecule has 1 N–H and O–H groups in total. The minimum absolute atomic E-state index is 0.338. The van der Waals surface area contributed by atoms with Crippen molar-refractivity contribution < 1.29 is 19.4 Å². The maximum Gasteiger partial charge on any atom is 0.330 e. The number of aliphatic carboxylic acids is 1. The highest BCUT2D eigenvalue weighted by molar-refractivity contribution is 5.87. The normalized spacial score (nSPS) is 11.2. The minimum Gasteiger partial charge on any atom is -0.478 e. The van der Waals surface area contributed by atoms with Gasteiger partial charge in [0.25, 0.3) is 0 Å². The number of carbonyl (C=O) groups is 2. The van der Waals surface area contributed by atoms with E-state index in [1.54, 1.807) is 18.2 Å². The first-order valence-corrected chi connectivity index (χ1v) is 7.97. The molecule has 1 rings (SSSR count). The van der Waals surface area contributed by atoms with Crippen molar-refractivity contribution in [2.24, 2.45) is 0 Å². The molecule has 0 unspecified atom stereocenters. The Kier molecular flexibility index (Phi) is 9.13. The number of benzene rings is 1. The number of carboxylic acids is 1. The SMILES string of the molecule is CCCCCCCOC(=O)/C=C/c1ccc(/C=C/C(=O)O)cc1. The quantitative estimate of drug-likeness (QED) is 0.397. The van der Waals surface area contributed by atoms with Gasteiger partial charge in [-0.15, -0.1) is 0 Å². The monoisotopic (exact) mass is 316 g/mol. The van der Waals surface area contributed by atoms with Crippen LogP contribution in [-0.4, -0.2) is 23.7 Å². The molecule has 0 aliphatic rings. The molecule has 0 aromatic heterocycles. The van der Waals surface area contributed by atoms with E-state index in [9.17, 15) is 9.59 Å². The molecular weight excluding hydrogens is 292 g/mol. The molecule has 124 valence electrons. The molecule has 0 saturated carbocycles. The van der Waals surface area contributed by atoms with Crippen molar-refractivity contribution in [3.05, 3.63) is 47.5 Å². The average Bonchev–Trinajstić information content (AvgIpc) is 2.55. The highest BCUT2D eigenvalue weighted by atomic mass is 16.5. The summed E-state index contributed by atoms with van der Waals surface area (Å²) in [5.74, 6) is -1.32. The van der Waals surface area contributed by atoms with Crippen LogP contribution < -0.4 is 0 Å². The van der Waals surface area contributed by atoms with Crippen molar-refractivity contribution in [2.75, 3.05) is 6.61 Å². The predicted molar refractivity (Wildman–Crippen MR) is 91.9 cm³/mol. The first-order chi connectivity index (χ1) is 11.1. The lowest BCUT2D eigenvalue weighted by molar-refractivity contribution is -0.137. The van der Waals surface area contributed by atoms with Crippen molar-refractivity contribution in [3.8, 4) is 0 Å². The summed E-state index contributed by atoms with van der Waals surface area (Å²) in [4.78, 5) is 22.0. The third-order valence-electron chi connectivity index (χ3n) is 3.26. The molecule has 0 heterocycles. The van der Waals surface area contributed by atoms with E-state index in [2.05, 4.69) is 6.92 Å². The zero-order valence-electron chi connectivity index (χ0n) is 13.5. The molecular formula is C19H24O4. The van der Waals surface area contributed by atoms with Gasteiger partial charge in [0, 0.05) is 12.2 Å². The van der Waals surface area contributed by atoms with Crippen LogP contribution in [0.5, 0.6) is 0 Å². The van der Waals surface area contributed by atoms with Crippen molar-refractivity contribution in [3.63, 3.8) is 0 Å². The van der Waals surface area contributed by atoms with Gasteiger partial charge in [0.1, 0.15) is 0 Å². The fourth-order valence-electron chi connectivity index (χ4n) is 1.98. The highest BCUT2D eigenvalue weighted by Gasteiger charge is 1.97. The number of unbranched alkanes of at least 4 members (excludes halogenated alkanes) is 4. The Hall–Kier alpha value is -2.36. The van der Waals surface area contributed by atoms with Crippen LogP contribution in [-0.2, 0) is 14.3 Å². The van der Waals surface area contributed by atoms with Crippen molar-refractivity contribution >= 4 is 24.1 Å². The fraction of sp³-hybridized carbons (Fsp3) is 0.368. The lowest BCUT2D eigenvalue weighted by Crippen LogP contribution is -2.02. The number of ether oxygens (including phenoxy) is 1. The molecule has 0 aliphatic carbocycles. The van der Waals surface area contributed by atoms with Gasteiger partial charge in [0.2, 0.25) is 0 Å². The number of rotatable bonds is 10. The van der Waals surface area contributed by atoms with Gasteiger partial charge in [-0.3, -0.25) is 0 Å². The topological polar surface area (TPSA) is 63.6 Å². The third-order valence-corrected chi connectivity index (χ3v) is 3.26. The van der Waals surface area contributed by atoms with Gasteiger partial charge in [0.15, 0.2) is 0 Å². The molecule has 23 heavy (non-hydrogen) atoms. The standard InChI is InChI=1S/C19H24O4/c1-2-3-4-5-6-15-23-19(22)14-12-17-9-7-16(8-10-17)11-13-18(20)21/h7-14H,2-6,15H2,1H3,(H,20,21)/b13-11+,14-12+. The summed E-state index contributed by atoms with van der Waals surface area (Å²) < 4.78 is 5.13. The summed E-state index contributed by atoms with van der Waals surface area (Å²) in [6, 6.07) is 7.21. The van der Waals surface area contributed by atoms with E-state index in [1.165, 1.54) is 31.4 Å². The molecule has 0 fully saturated rings. The van der Waals surface area contributed by atoms with E-state index in [1.807, 2.05) is 12.1 Å². The van der Waals surface area contributed by atoms with E-state index in [-0.39, 0.29) is 5.97 Å². The maximum absolute atomic E-state index is 11.6. The lowest BCUT2D eigenvalue weighted by atomic mass is 10.1. The van der Waals surface area contributed by atoms with Gasteiger partial charge in [-0.2, -0.15) is 0 Å². The van der Waals surface area contributed by atoms with E-state index in [0.29, 0.717) is 6.61 Å². The number of hydrogen-bond donors (Lipinski definition) is 1. The molecule has 1 aromatic rings. The Morgan fingerprint density at radius 3 is 2.09 bits per heavy atom. The van der Waals surface area contributed by atoms with E-state index < -0.39 is 5.97 Å². The van der Waals surface area contributed by atoms with Crippen LogP contribution in [0.4, 0.5) is 0 Å². The first-order valence-electron chi connectivity index (χ1n) is 7.97. The zero-order chi connectivity index (χ0) is 16.9. The molecule has 0 saturated heterocycles. The highest BCUT2D eigenvalue weighted by Crippen LogP contribution is 2.08. The first kappa shape index (κ1) is 18.7. The van der Waals surface area contributed by atoms with Crippen LogP contribution in [0, 0.1) is 0 Å². The Bertz CT molecular complexity index is 541. The second-order valence-corrected chi connectivity index (χ2v) is 5.25. The third kappa shape index (κ3) is 9.30. The molecule has 1 aromatic carbocycles. The fourth-order valence-corrected chi connectivity index (χ4v) is 1.98. The summed E-state index contributed by atoms with van der Waals surface area (Å²) >= 11 is 0. The summed E-state index contributed by atoms with van der Waals surface area (Å²) in [7, 11) is 0. The van der Waals surface area contributed by atoms with Crippen LogP contribution >= 0.6 is 0 Å². The van der Waals surface area contributed by atoms with Gasteiger partial charge in [-0.1, -0.05) is 56.9 Å². The molecule has 0 atom stereocenters. The van der Waals surface area contributed by atoms with Gasteiger partial charge in [-0.25, -0.2) is 9.59 Å². The minimum atomic E-state index is -0.980. The van der Waals surface area contributed by atoms with E-state index in [4.69, 9.17) is 9.84 Å². The molecule has 0 spiro atoms. The molecule has 4 heteroatoms. The van der Waals surface area contributed by atoms with Crippen molar-refractivity contribution in [2.45, 2.75) is 39.0 Å². The Balaban J connectivity index is 2.33. The molecule has 0 aliphatic heterocycles. The summed E-state index contributed by atoms with van der Waals surface area (Å²) in [5, 5.41) is 8.56. The molecule has 0 bridgehead atoms. The van der Waals surface area contributed by atoms with Crippen molar-refractivity contribution in [1.82, 2.24) is 0 Å². The number of carboxylic acid groups (broad SMARTS) is 1. The molecule has 4 nitrogen and oxygen atoms in total. The molecule has 0 amide bonds. The summed E-state index contributed by atoms with van der Waals surface area (Å²) in [6.07, 6.45) is 11.3. The van der Waals surface area contributed by atoms with Crippen LogP contribution in [0.2, 0.25) is 0 Å². The van der Waals surface area contributed by atoms with Crippen LogP contribution in [0.3, 0.4) is 0 Å². The summed E-state index contributed by atoms with van der Waals surface area (Å²) in [5.41, 5.74) is 1.65. The Morgan fingerprint density at radius 2 is 1.52 bits per heavy atom. The second-order valence-electron chi connectivity index (χ2n) is 5.25. The largest absolute Gasteiger partial charge is 0.478 e. The number of esters is 1. The maximum atomic E-state index is 11.6. The predicted octanol–water partition coefficient (Wildman–Crippen LogP) is 4.31. The van der Waals surface area contributed by atoms with Gasteiger partial charge in [0.05, 0.1) is 6.61 Å². The lowest BCUT2D eigenvalue weighted by Gasteiger charge is -2.01. The van der Waals surface area contributed by atoms with Crippen LogP contribution in [0.15, 0.2) is 36.4 Å². The molecule has 0 radical (unpaired) electrons. The number of carbonyl (C=O) groups excluding carboxylic acids is 1. The summed E-state index contributed by atoms with van der Waals surface area (Å²) in [6.45, 7) is 2.63. The number of hydrogen-bond acceptors (Lipinski definition) is 3. The Labute approximate surface area is 137 Å². The second kappa shape index (κ2) is 11.2.